The summed E-state index contributed by atoms with van der Waals surface area (Å²) in [5, 5.41) is 5.57. The van der Waals surface area contributed by atoms with Crippen LogP contribution in [-0.2, 0) is 24.2 Å². The third kappa shape index (κ3) is 2.69. The molecule has 4 heterocycles. The molecule has 0 unspecified atom stereocenters. The van der Waals surface area contributed by atoms with Crippen LogP contribution in [0, 0.1) is 0 Å². The van der Waals surface area contributed by atoms with Crippen LogP contribution in [-0.4, -0.2) is 42.6 Å². The summed E-state index contributed by atoms with van der Waals surface area (Å²) in [6, 6.07) is 0.233. The number of hydrogen-bond donors (Lipinski definition) is 0. The second-order valence-corrected chi connectivity index (χ2v) is 8.79. The van der Waals surface area contributed by atoms with Crippen molar-refractivity contribution in [1.29, 1.82) is 0 Å². The van der Waals surface area contributed by atoms with Crippen LogP contribution in [0.3, 0.4) is 0 Å². The van der Waals surface area contributed by atoms with E-state index < -0.39 is 0 Å². The fourth-order valence-corrected chi connectivity index (χ4v) is 5.69. The molecule has 27 heavy (non-hydrogen) atoms. The third-order valence-corrected chi connectivity index (χ3v) is 7.15. The molecule has 0 saturated carbocycles. The van der Waals surface area contributed by atoms with Gasteiger partial charge in [-0.2, -0.15) is 0 Å². The lowest BCUT2D eigenvalue weighted by Gasteiger charge is -2.33. The summed E-state index contributed by atoms with van der Waals surface area (Å²) in [4.78, 5) is 34.3. The van der Waals surface area contributed by atoms with Crippen molar-refractivity contribution in [3.8, 4) is 0 Å². The monoisotopic (exact) mass is 385 g/mol. The molecule has 3 aromatic heterocycles. The highest BCUT2D eigenvalue weighted by atomic mass is 32.1. The van der Waals surface area contributed by atoms with Gasteiger partial charge in [-0.1, -0.05) is 0 Å². The second-order valence-electron chi connectivity index (χ2n) is 7.70. The highest BCUT2D eigenvalue weighted by Crippen LogP contribution is 2.36. The molecule has 0 N–H and O–H groups in total. The molecule has 0 bridgehead atoms. The number of thiophene rings is 1. The molecular weight excluding hydrogens is 362 g/mol. The minimum absolute atomic E-state index is 0.00132. The average Bonchev–Trinajstić information content (AvgIpc) is 3.20. The lowest BCUT2D eigenvalue weighted by atomic mass is 9.97. The Morgan fingerprint density at radius 1 is 1.26 bits per heavy atom. The topological polar surface area (TPSA) is 72.5 Å². The van der Waals surface area contributed by atoms with Crippen LogP contribution < -0.4 is 5.69 Å². The zero-order valence-corrected chi connectivity index (χ0v) is 16.3. The number of aryl methyl sites for hydroxylation is 2. The smallest absolute Gasteiger partial charge is 0.338 e. The molecule has 0 aromatic carbocycles. The molecule has 0 radical (unpaired) electrons. The molecule has 7 nitrogen and oxygen atoms in total. The van der Waals surface area contributed by atoms with Gasteiger partial charge in [0.1, 0.15) is 17.7 Å². The van der Waals surface area contributed by atoms with E-state index in [0.717, 1.165) is 55.3 Å². The first-order valence-electron chi connectivity index (χ1n) is 9.81. The number of amides is 1. The largest absolute Gasteiger partial charge is 0.352 e. The van der Waals surface area contributed by atoms with Crippen LogP contribution in [0.25, 0.3) is 15.9 Å². The van der Waals surface area contributed by atoms with Crippen LogP contribution in [0.5, 0.6) is 0 Å². The minimum Gasteiger partial charge on any atom is -0.338 e. The van der Waals surface area contributed by atoms with E-state index in [9.17, 15) is 9.59 Å². The van der Waals surface area contributed by atoms with Crippen LogP contribution in [0.2, 0.25) is 0 Å². The van der Waals surface area contributed by atoms with Crippen molar-refractivity contribution in [3.05, 3.63) is 27.3 Å². The summed E-state index contributed by atoms with van der Waals surface area (Å²) in [5.41, 5.74) is 1.66. The van der Waals surface area contributed by atoms with Crippen LogP contribution >= 0.6 is 11.3 Å². The molecule has 1 amide bonds. The van der Waals surface area contributed by atoms with Crippen LogP contribution in [0.15, 0.2) is 11.1 Å². The molecule has 3 aromatic rings. The zero-order chi connectivity index (χ0) is 18.5. The summed E-state index contributed by atoms with van der Waals surface area (Å²) in [6.45, 7) is 2.85. The lowest BCUT2D eigenvalue weighted by molar-refractivity contribution is -0.135. The van der Waals surface area contributed by atoms with Crippen molar-refractivity contribution in [2.45, 2.75) is 64.5 Å². The number of rotatable bonds is 2. The summed E-state index contributed by atoms with van der Waals surface area (Å²) < 4.78 is 2.81. The normalized spacial score (nSPS) is 20.3. The SMILES string of the molecule is C[C@@H]1CCCCN1C(=O)Cn1nc2c3c4c(sc3ncn2c1=O)CCCC4. The Hall–Kier alpha value is -2.22. The van der Waals surface area contributed by atoms with Gasteiger partial charge in [0.05, 0.1) is 5.39 Å². The molecular formula is C19H23N5O2S. The molecule has 5 rings (SSSR count). The summed E-state index contributed by atoms with van der Waals surface area (Å²) in [5.74, 6) is -0.0238. The third-order valence-electron chi connectivity index (χ3n) is 5.95. The molecule has 0 spiro atoms. The van der Waals surface area contributed by atoms with Gasteiger partial charge in [-0.3, -0.25) is 4.79 Å². The Morgan fingerprint density at radius 3 is 2.96 bits per heavy atom. The maximum atomic E-state index is 12.8. The Bertz CT molecular complexity index is 1100. The Balaban J connectivity index is 1.56. The molecule has 8 heteroatoms. The quantitative estimate of drug-likeness (QED) is 0.679. The van der Waals surface area contributed by atoms with Crippen molar-refractivity contribution in [2.75, 3.05) is 6.54 Å². The van der Waals surface area contributed by atoms with E-state index in [2.05, 4.69) is 17.0 Å². The first-order chi connectivity index (χ1) is 13.1. The van der Waals surface area contributed by atoms with Gasteiger partial charge in [0, 0.05) is 17.5 Å². The number of fused-ring (bicyclic) bond motifs is 5. The van der Waals surface area contributed by atoms with E-state index >= 15 is 0 Å². The van der Waals surface area contributed by atoms with E-state index in [0.29, 0.717) is 5.65 Å². The maximum Gasteiger partial charge on any atom is 0.352 e. The highest BCUT2D eigenvalue weighted by molar-refractivity contribution is 7.19. The number of aromatic nitrogens is 4. The van der Waals surface area contributed by atoms with E-state index in [1.165, 1.54) is 25.9 Å². The maximum absolute atomic E-state index is 12.8. The van der Waals surface area contributed by atoms with E-state index in [1.54, 1.807) is 17.7 Å². The molecule has 142 valence electrons. The number of piperidine rings is 1. The van der Waals surface area contributed by atoms with Gasteiger partial charge < -0.3 is 4.90 Å². The molecule has 1 aliphatic heterocycles. The van der Waals surface area contributed by atoms with Gasteiger partial charge in [-0.05, 0) is 57.4 Å². The van der Waals surface area contributed by atoms with Gasteiger partial charge >= 0.3 is 5.69 Å². The Kier molecular flexibility index (Phi) is 4.03. The second kappa shape index (κ2) is 6.44. The van der Waals surface area contributed by atoms with E-state index in [-0.39, 0.29) is 24.2 Å². The Labute approximate surface area is 160 Å². The highest BCUT2D eigenvalue weighted by Gasteiger charge is 2.26. The standard InChI is InChI=1S/C19H23N5O2S/c1-12-6-4-5-9-22(12)15(25)10-24-19(26)23-11-20-18-16(17(23)21-24)13-7-2-3-8-14(13)27-18/h11-12H,2-10H2,1H3/t12-/m1/s1. The summed E-state index contributed by atoms with van der Waals surface area (Å²) >= 11 is 1.72. The number of carbonyl (C=O) groups is 1. The van der Waals surface area contributed by atoms with E-state index in [4.69, 9.17) is 0 Å². The van der Waals surface area contributed by atoms with Crippen molar-refractivity contribution >= 4 is 33.1 Å². The van der Waals surface area contributed by atoms with Gasteiger partial charge in [-0.25, -0.2) is 18.9 Å². The predicted octanol–water partition coefficient (Wildman–Crippen LogP) is 2.39. The first kappa shape index (κ1) is 16.9. The number of carbonyl (C=O) groups excluding carboxylic acids is 1. The molecule has 1 atom stereocenters. The Morgan fingerprint density at radius 2 is 2.11 bits per heavy atom. The fraction of sp³-hybridized carbons (Fsp3) is 0.579. The minimum atomic E-state index is -0.284. The van der Waals surface area contributed by atoms with Crippen molar-refractivity contribution in [2.24, 2.45) is 0 Å². The van der Waals surface area contributed by atoms with Gasteiger partial charge in [-0.15, -0.1) is 16.4 Å². The average molecular weight is 385 g/mol. The molecule has 1 saturated heterocycles. The van der Waals surface area contributed by atoms with Crippen LogP contribution in [0.1, 0.15) is 49.5 Å². The van der Waals surface area contributed by atoms with Gasteiger partial charge in [0.25, 0.3) is 0 Å². The number of nitrogens with zero attached hydrogens (tertiary/aromatic N) is 5. The first-order valence-corrected chi connectivity index (χ1v) is 10.6. The van der Waals surface area contributed by atoms with Gasteiger partial charge in [0.15, 0.2) is 5.65 Å². The van der Waals surface area contributed by atoms with Gasteiger partial charge in [0.2, 0.25) is 5.91 Å². The predicted molar refractivity (Wildman–Crippen MR) is 104 cm³/mol. The number of likely N-dealkylation sites (tertiary alicyclic amines) is 1. The van der Waals surface area contributed by atoms with Crippen molar-refractivity contribution in [3.63, 3.8) is 0 Å². The molecule has 2 aliphatic rings. The van der Waals surface area contributed by atoms with Crippen molar-refractivity contribution < 1.29 is 4.79 Å². The van der Waals surface area contributed by atoms with Crippen LogP contribution in [0.4, 0.5) is 0 Å². The summed E-state index contributed by atoms with van der Waals surface area (Å²) in [7, 11) is 0. The molecule has 1 fully saturated rings. The van der Waals surface area contributed by atoms with E-state index in [1.807, 2.05) is 4.90 Å². The fourth-order valence-electron chi connectivity index (χ4n) is 4.47. The zero-order valence-electron chi connectivity index (χ0n) is 15.5. The van der Waals surface area contributed by atoms with Crippen molar-refractivity contribution in [1.82, 2.24) is 24.1 Å². The summed E-state index contributed by atoms with van der Waals surface area (Å²) in [6.07, 6.45) is 9.24. The number of hydrogen-bond acceptors (Lipinski definition) is 5. The molecule has 1 aliphatic carbocycles. The lowest BCUT2D eigenvalue weighted by Crippen LogP contribution is -2.44.